The van der Waals surface area contributed by atoms with E-state index in [1.807, 2.05) is 20.9 Å². The van der Waals surface area contributed by atoms with Crippen LogP contribution in [0.15, 0.2) is 4.42 Å². The van der Waals surface area contributed by atoms with Gasteiger partial charge in [0.1, 0.15) is 0 Å². The van der Waals surface area contributed by atoms with Gasteiger partial charge < -0.3 is 19.7 Å². The Balaban J connectivity index is 2.67. The molecule has 1 atom stereocenters. The first kappa shape index (κ1) is 13.9. The van der Waals surface area contributed by atoms with Crippen molar-refractivity contribution in [2.75, 3.05) is 25.0 Å². The van der Waals surface area contributed by atoms with Gasteiger partial charge in [-0.2, -0.15) is 0 Å². The molecule has 1 rings (SSSR count). The molecular weight excluding hydrogens is 220 g/mol. The van der Waals surface area contributed by atoms with Crippen LogP contribution in [0.25, 0.3) is 0 Å². The van der Waals surface area contributed by atoms with Gasteiger partial charge in [0, 0.05) is 7.05 Å². The van der Waals surface area contributed by atoms with Gasteiger partial charge in [0.05, 0.1) is 18.2 Å². The SMILES string of the molecule is CCNC(C)c1nnc(N(C)CC(C)(C)O)o1. The first-order chi connectivity index (χ1) is 7.83. The van der Waals surface area contributed by atoms with E-state index in [0.717, 1.165) is 6.54 Å². The molecule has 6 heteroatoms. The minimum atomic E-state index is -0.795. The van der Waals surface area contributed by atoms with Crippen molar-refractivity contribution in [2.24, 2.45) is 0 Å². The molecule has 0 saturated carbocycles. The molecule has 1 heterocycles. The normalized spacial score (nSPS) is 13.8. The average Bonchev–Trinajstić information content (AvgIpc) is 2.63. The largest absolute Gasteiger partial charge is 0.406 e. The highest BCUT2D eigenvalue weighted by atomic mass is 16.4. The summed E-state index contributed by atoms with van der Waals surface area (Å²) >= 11 is 0. The molecule has 17 heavy (non-hydrogen) atoms. The summed E-state index contributed by atoms with van der Waals surface area (Å²) in [4.78, 5) is 1.75. The Kier molecular flexibility index (Phi) is 4.47. The van der Waals surface area contributed by atoms with Gasteiger partial charge in [-0.1, -0.05) is 12.0 Å². The number of likely N-dealkylation sites (N-methyl/N-ethyl adjacent to an activating group) is 1. The fraction of sp³-hybridized carbons (Fsp3) is 0.818. The van der Waals surface area contributed by atoms with Crippen molar-refractivity contribution in [3.05, 3.63) is 5.89 Å². The summed E-state index contributed by atoms with van der Waals surface area (Å²) in [6, 6.07) is 0.462. The molecule has 6 nitrogen and oxygen atoms in total. The van der Waals surface area contributed by atoms with Crippen molar-refractivity contribution in [1.29, 1.82) is 0 Å². The molecule has 0 bridgehead atoms. The van der Waals surface area contributed by atoms with E-state index in [-0.39, 0.29) is 6.04 Å². The molecule has 98 valence electrons. The Hall–Kier alpha value is -1.14. The number of nitrogens with one attached hydrogen (secondary N) is 1. The number of aromatic nitrogens is 2. The average molecular weight is 242 g/mol. The summed E-state index contributed by atoms with van der Waals surface area (Å²) in [6.45, 7) is 8.75. The van der Waals surface area contributed by atoms with Gasteiger partial charge in [-0.25, -0.2) is 0 Å². The first-order valence-corrected chi connectivity index (χ1v) is 5.84. The maximum absolute atomic E-state index is 9.71. The van der Waals surface area contributed by atoms with E-state index in [9.17, 15) is 5.11 Å². The third kappa shape index (κ3) is 4.32. The van der Waals surface area contributed by atoms with Gasteiger partial charge >= 0.3 is 6.01 Å². The summed E-state index contributed by atoms with van der Waals surface area (Å²) < 4.78 is 5.54. The number of rotatable bonds is 6. The van der Waals surface area contributed by atoms with Crippen LogP contribution in [0, 0.1) is 0 Å². The van der Waals surface area contributed by atoms with Crippen molar-refractivity contribution in [3.63, 3.8) is 0 Å². The molecule has 1 aromatic rings. The predicted octanol–water partition coefficient (Wildman–Crippen LogP) is 0.947. The Morgan fingerprint density at radius 1 is 1.47 bits per heavy atom. The Morgan fingerprint density at radius 3 is 2.65 bits per heavy atom. The fourth-order valence-corrected chi connectivity index (χ4v) is 1.60. The maximum atomic E-state index is 9.71. The fourth-order valence-electron chi connectivity index (χ4n) is 1.60. The number of nitrogens with zero attached hydrogens (tertiary/aromatic N) is 3. The van der Waals surface area contributed by atoms with Gasteiger partial charge in [0.2, 0.25) is 5.89 Å². The highest BCUT2D eigenvalue weighted by Gasteiger charge is 2.20. The molecule has 1 unspecified atom stereocenters. The highest BCUT2D eigenvalue weighted by molar-refractivity contribution is 5.23. The molecule has 0 saturated heterocycles. The van der Waals surface area contributed by atoms with Crippen LogP contribution in [0.3, 0.4) is 0 Å². The van der Waals surface area contributed by atoms with Crippen molar-refractivity contribution in [2.45, 2.75) is 39.3 Å². The lowest BCUT2D eigenvalue weighted by Crippen LogP contribution is -2.36. The monoisotopic (exact) mass is 242 g/mol. The molecule has 0 fully saturated rings. The molecule has 1 aromatic heterocycles. The highest BCUT2D eigenvalue weighted by Crippen LogP contribution is 2.17. The van der Waals surface area contributed by atoms with Crippen molar-refractivity contribution in [1.82, 2.24) is 15.5 Å². The van der Waals surface area contributed by atoms with Crippen LogP contribution in [0.4, 0.5) is 6.01 Å². The third-order valence-corrected chi connectivity index (χ3v) is 2.26. The molecule has 0 aliphatic rings. The quantitative estimate of drug-likeness (QED) is 0.773. The summed E-state index contributed by atoms with van der Waals surface area (Å²) in [6.07, 6.45) is 0. The summed E-state index contributed by atoms with van der Waals surface area (Å²) in [5.74, 6) is 0.560. The lowest BCUT2D eigenvalue weighted by Gasteiger charge is -2.23. The molecule has 0 aromatic carbocycles. The number of hydrogen-bond acceptors (Lipinski definition) is 6. The van der Waals surface area contributed by atoms with E-state index in [1.54, 1.807) is 18.7 Å². The van der Waals surface area contributed by atoms with Crippen molar-refractivity contribution < 1.29 is 9.52 Å². The van der Waals surface area contributed by atoms with Crippen LogP contribution in [-0.4, -0.2) is 41.0 Å². The molecule has 0 radical (unpaired) electrons. The first-order valence-electron chi connectivity index (χ1n) is 5.84. The molecule has 0 amide bonds. The Labute approximate surface area is 102 Å². The second-order valence-corrected chi connectivity index (χ2v) is 4.87. The van der Waals surface area contributed by atoms with E-state index < -0.39 is 5.60 Å². The minimum absolute atomic E-state index is 0.0387. The van der Waals surface area contributed by atoms with E-state index in [4.69, 9.17) is 4.42 Å². The minimum Gasteiger partial charge on any atom is -0.406 e. The van der Waals surface area contributed by atoms with Crippen molar-refractivity contribution in [3.8, 4) is 0 Å². The Morgan fingerprint density at radius 2 is 2.12 bits per heavy atom. The molecular formula is C11H22N4O2. The van der Waals surface area contributed by atoms with Crippen molar-refractivity contribution >= 4 is 6.01 Å². The number of aliphatic hydroxyl groups is 1. The standard InChI is InChI=1S/C11H22N4O2/c1-6-12-8(2)9-13-14-10(17-9)15(5)7-11(3,4)16/h8,12,16H,6-7H2,1-5H3. The van der Waals surface area contributed by atoms with Crippen LogP contribution in [0.1, 0.15) is 39.6 Å². The van der Waals surface area contributed by atoms with Gasteiger partial charge in [-0.3, -0.25) is 0 Å². The second-order valence-electron chi connectivity index (χ2n) is 4.87. The summed E-state index contributed by atoms with van der Waals surface area (Å²) in [5, 5.41) is 20.8. The van der Waals surface area contributed by atoms with Crippen LogP contribution < -0.4 is 10.2 Å². The molecule has 0 aliphatic heterocycles. The molecule has 2 N–H and O–H groups in total. The third-order valence-electron chi connectivity index (χ3n) is 2.26. The zero-order valence-corrected chi connectivity index (χ0v) is 11.2. The Bertz CT molecular complexity index is 345. The topological polar surface area (TPSA) is 74.4 Å². The zero-order chi connectivity index (χ0) is 13.1. The zero-order valence-electron chi connectivity index (χ0n) is 11.2. The molecule has 0 aliphatic carbocycles. The van der Waals surface area contributed by atoms with Gasteiger partial charge in [0.15, 0.2) is 0 Å². The summed E-state index contributed by atoms with van der Waals surface area (Å²) in [5.41, 5.74) is -0.795. The smallest absolute Gasteiger partial charge is 0.318 e. The maximum Gasteiger partial charge on any atom is 0.318 e. The van der Waals surface area contributed by atoms with Gasteiger partial charge in [-0.05, 0) is 27.3 Å². The molecule has 0 spiro atoms. The number of anilines is 1. The predicted molar refractivity (Wildman–Crippen MR) is 66.0 cm³/mol. The van der Waals surface area contributed by atoms with E-state index in [2.05, 4.69) is 15.5 Å². The summed E-state index contributed by atoms with van der Waals surface area (Å²) in [7, 11) is 1.81. The second kappa shape index (κ2) is 5.46. The number of hydrogen-bond donors (Lipinski definition) is 2. The van der Waals surface area contributed by atoms with Crippen LogP contribution in [0.2, 0.25) is 0 Å². The van der Waals surface area contributed by atoms with E-state index in [1.165, 1.54) is 0 Å². The van der Waals surface area contributed by atoms with Gasteiger partial charge in [-0.15, -0.1) is 5.10 Å². The van der Waals surface area contributed by atoms with E-state index in [0.29, 0.717) is 18.5 Å². The lowest BCUT2D eigenvalue weighted by molar-refractivity contribution is 0.0874. The van der Waals surface area contributed by atoms with E-state index >= 15 is 0 Å². The van der Waals surface area contributed by atoms with Crippen LogP contribution >= 0.6 is 0 Å². The van der Waals surface area contributed by atoms with Gasteiger partial charge in [0.25, 0.3) is 0 Å². The lowest BCUT2D eigenvalue weighted by atomic mass is 10.1. The van der Waals surface area contributed by atoms with Crippen LogP contribution in [-0.2, 0) is 0 Å². The van der Waals surface area contributed by atoms with Crippen LogP contribution in [0.5, 0.6) is 0 Å².